The maximum absolute atomic E-state index is 11.5. The number of rotatable bonds is 6. The van der Waals surface area contributed by atoms with Crippen LogP contribution in [-0.4, -0.2) is 34.3 Å². The van der Waals surface area contributed by atoms with Crippen molar-refractivity contribution < 1.29 is 9.53 Å². The smallest absolute Gasteiger partial charge is 0.241 e. The van der Waals surface area contributed by atoms with Gasteiger partial charge in [-0.1, -0.05) is 11.8 Å². The molecule has 0 atom stereocenters. The molecule has 0 aliphatic carbocycles. The van der Waals surface area contributed by atoms with Gasteiger partial charge in [0.15, 0.2) is 0 Å². The van der Waals surface area contributed by atoms with E-state index in [4.69, 9.17) is 10.5 Å². The van der Waals surface area contributed by atoms with Crippen LogP contribution in [0.2, 0.25) is 0 Å². The molecule has 6 nitrogen and oxygen atoms in total. The van der Waals surface area contributed by atoms with E-state index in [2.05, 4.69) is 15.3 Å². The van der Waals surface area contributed by atoms with Crippen molar-refractivity contribution in [3.63, 3.8) is 0 Å². The maximum atomic E-state index is 11.5. The SMILES string of the molecule is CCOc1ncnc(SCC(=O)NC(C)C)c1N. The molecular weight excluding hydrogens is 252 g/mol. The van der Waals surface area contributed by atoms with Gasteiger partial charge < -0.3 is 15.8 Å². The number of nitrogens with zero attached hydrogens (tertiary/aromatic N) is 2. The van der Waals surface area contributed by atoms with Gasteiger partial charge in [0.05, 0.1) is 12.4 Å². The molecule has 0 spiro atoms. The summed E-state index contributed by atoms with van der Waals surface area (Å²) in [4.78, 5) is 19.5. The summed E-state index contributed by atoms with van der Waals surface area (Å²) in [5, 5.41) is 3.36. The van der Waals surface area contributed by atoms with Crippen molar-refractivity contribution in [1.82, 2.24) is 15.3 Å². The van der Waals surface area contributed by atoms with E-state index in [1.165, 1.54) is 18.1 Å². The standard InChI is InChI=1S/C11H18N4O2S/c1-4-17-10-9(12)11(14-6-13-10)18-5-8(16)15-7(2)3/h6-7H,4-5,12H2,1-3H3,(H,15,16). The summed E-state index contributed by atoms with van der Waals surface area (Å²) in [7, 11) is 0. The minimum Gasteiger partial charge on any atom is -0.476 e. The fraction of sp³-hybridized carbons (Fsp3) is 0.545. The van der Waals surface area contributed by atoms with Gasteiger partial charge in [-0.3, -0.25) is 4.79 Å². The lowest BCUT2D eigenvalue weighted by Gasteiger charge is -2.10. The lowest BCUT2D eigenvalue weighted by Crippen LogP contribution is -2.31. The molecule has 0 fully saturated rings. The van der Waals surface area contributed by atoms with Gasteiger partial charge in [0, 0.05) is 6.04 Å². The summed E-state index contributed by atoms with van der Waals surface area (Å²) in [6.45, 7) is 6.16. The van der Waals surface area contributed by atoms with E-state index in [1.54, 1.807) is 0 Å². The molecule has 0 saturated heterocycles. The van der Waals surface area contributed by atoms with Crippen LogP contribution in [0.25, 0.3) is 0 Å². The van der Waals surface area contributed by atoms with Crippen LogP contribution in [-0.2, 0) is 4.79 Å². The Morgan fingerprint density at radius 3 is 2.89 bits per heavy atom. The van der Waals surface area contributed by atoms with Crippen molar-refractivity contribution >= 4 is 23.4 Å². The van der Waals surface area contributed by atoms with E-state index in [9.17, 15) is 4.79 Å². The van der Waals surface area contributed by atoms with Crippen molar-refractivity contribution in [2.45, 2.75) is 31.8 Å². The summed E-state index contributed by atoms with van der Waals surface area (Å²) in [5.74, 6) is 0.579. The van der Waals surface area contributed by atoms with Crippen LogP contribution >= 0.6 is 11.8 Å². The lowest BCUT2D eigenvalue weighted by molar-refractivity contribution is -0.119. The maximum Gasteiger partial charge on any atom is 0.241 e. The number of amides is 1. The Bertz CT molecular complexity index is 412. The highest BCUT2D eigenvalue weighted by Crippen LogP contribution is 2.28. The average molecular weight is 270 g/mol. The van der Waals surface area contributed by atoms with E-state index < -0.39 is 0 Å². The predicted octanol–water partition coefficient (Wildman–Crippen LogP) is 1.07. The number of anilines is 1. The Hall–Kier alpha value is -1.50. The number of nitrogens with two attached hydrogens (primary N) is 1. The topological polar surface area (TPSA) is 90.1 Å². The highest BCUT2D eigenvalue weighted by Gasteiger charge is 2.11. The number of ether oxygens (including phenoxy) is 1. The molecule has 0 unspecified atom stereocenters. The van der Waals surface area contributed by atoms with Crippen molar-refractivity contribution in [2.75, 3.05) is 18.1 Å². The highest BCUT2D eigenvalue weighted by atomic mass is 32.2. The number of carbonyl (C=O) groups excluding carboxylic acids is 1. The minimum atomic E-state index is -0.0500. The molecule has 0 aromatic carbocycles. The molecule has 1 rings (SSSR count). The molecule has 3 N–H and O–H groups in total. The second kappa shape index (κ2) is 7.05. The van der Waals surface area contributed by atoms with Crippen molar-refractivity contribution in [3.8, 4) is 5.88 Å². The van der Waals surface area contributed by atoms with Crippen LogP contribution in [0, 0.1) is 0 Å². The number of aromatic nitrogens is 2. The van der Waals surface area contributed by atoms with Crippen LogP contribution in [0.4, 0.5) is 5.69 Å². The van der Waals surface area contributed by atoms with Gasteiger partial charge in [-0.2, -0.15) is 4.98 Å². The zero-order chi connectivity index (χ0) is 13.5. The van der Waals surface area contributed by atoms with Gasteiger partial charge in [0.2, 0.25) is 11.8 Å². The fourth-order valence-electron chi connectivity index (χ4n) is 1.23. The Kier molecular flexibility index (Phi) is 5.70. The highest BCUT2D eigenvalue weighted by molar-refractivity contribution is 8.00. The molecule has 0 aliphatic heterocycles. The molecule has 100 valence electrons. The number of hydrogen-bond acceptors (Lipinski definition) is 6. The summed E-state index contributed by atoms with van der Waals surface area (Å²) in [5.41, 5.74) is 6.23. The molecular formula is C11H18N4O2S. The van der Waals surface area contributed by atoms with Crippen LogP contribution in [0.3, 0.4) is 0 Å². The van der Waals surface area contributed by atoms with Gasteiger partial charge in [-0.05, 0) is 20.8 Å². The Labute approximate surface area is 111 Å². The number of hydrogen-bond donors (Lipinski definition) is 2. The summed E-state index contributed by atoms with van der Waals surface area (Å²) < 4.78 is 5.26. The van der Waals surface area contributed by atoms with Crippen molar-refractivity contribution in [3.05, 3.63) is 6.33 Å². The monoisotopic (exact) mass is 270 g/mol. The van der Waals surface area contributed by atoms with Crippen LogP contribution in [0.5, 0.6) is 5.88 Å². The summed E-state index contributed by atoms with van der Waals surface area (Å²) >= 11 is 1.27. The first kappa shape index (κ1) is 14.6. The number of thioether (sulfide) groups is 1. The third-order valence-electron chi connectivity index (χ3n) is 1.88. The largest absolute Gasteiger partial charge is 0.476 e. The zero-order valence-corrected chi connectivity index (χ0v) is 11.6. The van der Waals surface area contributed by atoms with Crippen molar-refractivity contribution in [2.24, 2.45) is 0 Å². The Morgan fingerprint density at radius 2 is 2.28 bits per heavy atom. The van der Waals surface area contributed by atoms with Gasteiger partial charge in [0.25, 0.3) is 0 Å². The molecule has 1 aromatic heterocycles. The molecule has 0 saturated carbocycles. The first-order valence-corrected chi connectivity index (χ1v) is 6.68. The second-order valence-electron chi connectivity index (χ2n) is 3.84. The zero-order valence-electron chi connectivity index (χ0n) is 10.8. The average Bonchev–Trinajstić information content (AvgIpc) is 2.29. The number of nitrogen functional groups attached to an aromatic ring is 1. The summed E-state index contributed by atoms with van der Waals surface area (Å²) in [6, 6.07) is 0.125. The van der Waals surface area contributed by atoms with Crippen LogP contribution in [0.1, 0.15) is 20.8 Å². The predicted molar refractivity (Wildman–Crippen MR) is 71.6 cm³/mol. The van der Waals surface area contributed by atoms with Crippen molar-refractivity contribution in [1.29, 1.82) is 0 Å². The van der Waals surface area contributed by atoms with Crippen LogP contribution < -0.4 is 15.8 Å². The minimum absolute atomic E-state index is 0.0500. The Morgan fingerprint density at radius 1 is 1.56 bits per heavy atom. The third kappa shape index (κ3) is 4.40. The number of nitrogens with one attached hydrogen (secondary N) is 1. The van der Waals surface area contributed by atoms with Gasteiger partial charge >= 0.3 is 0 Å². The van der Waals surface area contributed by atoms with E-state index in [0.29, 0.717) is 23.2 Å². The molecule has 1 amide bonds. The quantitative estimate of drug-likeness (QED) is 0.593. The Balaban J connectivity index is 2.62. The molecule has 7 heteroatoms. The molecule has 0 aliphatic rings. The molecule has 1 heterocycles. The summed E-state index contributed by atoms with van der Waals surface area (Å²) in [6.07, 6.45) is 1.38. The fourth-order valence-corrected chi connectivity index (χ4v) is 1.94. The lowest BCUT2D eigenvalue weighted by atomic mass is 10.4. The first-order valence-electron chi connectivity index (χ1n) is 5.70. The molecule has 0 radical (unpaired) electrons. The second-order valence-corrected chi connectivity index (χ2v) is 4.81. The molecule has 0 bridgehead atoms. The normalized spacial score (nSPS) is 10.4. The van der Waals surface area contributed by atoms with Gasteiger partial charge in [0.1, 0.15) is 17.0 Å². The van der Waals surface area contributed by atoms with E-state index in [-0.39, 0.29) is 17.7 Å². The van der Waals surface area contributed by atoms with Crippen LogP contribution in [0.15, 0.2) is 11.4 Å². The number of carbonyl (C=O) groups is 1. The molecule has 1 aromatic rings. The first-order chi connectivity index (χ1) is 8.54. The van der Waals surface area contributed by atoms with Gasteiger partial charge in [-0.15, -0.1) is 0 Å². The molecule has 18 heavy (non-hydrogen) atoms. The van der Waals surface area contributed by atoms with Gasteiger partial charge in [-0.25, -0.2) is 4.98 Å². The van der Waals surface area contributed by atoms with E-state index in [1.807, 2.05) is 20.8 Å². The third-order valence-corrected chi connectivity index (χ3v) is 2.89. The van der Waals surface area contributed by atoms with E-state index >= 15 is 0 Å². The van der Waals surface area contributed by atoms with E-state index in [0.717, 1.165) is 0 Å².